The summed E-state index contributed by atoms with van der Waals surface area (Å²) < 4.78 is 2.08. The third-order valence-electron chi connectivity index (χ3n) is 4.48. The highest BCUT2D eigenvalue weighted by atomic mass is 32.1. The van der Waals surface area contributed by atoms with E-state index in [1.807, 2.05) is 32.0 Å². The number of amides is 1. The lowest BCUT2D eigenvalue weighted by atomic mass is 10.0. The average molecular weight is 381 g/mol. The first-order valence-electron chi connectivity index (χ1n) is 8.91. The van der Waals surface area contributed by atoms with Gasteiger partial charge in [0.15, 0.2) is 4.80 Å². The quantitative estimate of drug-likeness (QED) is 0.682. The minimum absolute atomic E-state index is 0.0172. The SMILES string of the molecule is CCn1c(C)c(C(=O)N(C)C)sc1=Nc1ccc(-c2cccnc2C)cc1. The van der Waals surface area contributed by atoms with Gasteiger partial charge in [0.25, 0.3) is 5.91 Å². The monoisotopic (exact) mass is 380 g/mol. The molecule has 0 spiro atoms. The lowest BCUT2D eigenvalue weighted by molar-refractivity contribution is 0.0831. The van der Waals surface area contributed by atoms with Crippen LogP contribution in [0.1, 0.15) is 28.0 Å². The zero-order chi connectivity index (χ0) is 19.6. The van der Waals surface area contributed by atoms with E-state index in [4.69, 9.17) is 4.99 Å². The molecule has 0 aliphatic rings. The Morgan fingerprint density at radius 1 is 1.19 bits per heavy atom. The smallest absolute Gasteiger partial charge is 0.265 e. The van der Waals surface area contributed by atoms with Gasteiger partial charge in [-0.1, -0.05) is 29.5 Å². The van der Waals surface area contributed by atoms with Crippen molar-refractivity contribution in [3.05, 3.63) is 63.7 Å². The number of carbonyl (C=O) groups is 1. The fourth-order valence-corrected chi connectivity index (χ4v) is 4.20. The van der Waals surface area contributed by atoms with E-state index in [9.17, 15) is 4.79 Å². The van der Waals surface area contributed by atoms with E-state index in [-0.39, 0.29) is 5.91 Å². The lowest BCUT2D eigenvalue weighted by Crippen LogP contribution is -2.21. The van der Waals surface area contributed by atoms with Crippen LogP contribution in [0.3, 0.4) is 0 Å². The number of hydrogen-bond donors (Lipinski definition) is 0. The second-order valence-corrected chi connectivity index (χ2v) is 7.52. The normalized spacial score (nSPS) is 11.7. The Hall–Kier alpha value is -2.73. The molecule has 0 aliphatic heterocycles. The molecule has 0 unspecified atom stereocenters. The fourth-order valence-electron chi connectivity index (χ4n) is 2.96. The topological polar surface area (TPSA) is 50.5 Å². The van der Waals surface area contributed by atoms with E-state index in [1.165, 1.54) is 11.3 Å². The van der Waals surface area contributed by atoms with Gasteiger partial charge in [-0.3, -0.25) is 9.78 Å². The number of rotatable bonds is 4. The number of carbonyl (C=O) groups excluding carboxylic acids is 1. The van der Waals surface area contributed by atoms with Gasteiger partial charge in [0.2, 0.25) is 0 Å². The standard InChI is InChI=1S/C21H24N4OS/c1-6-25-15(3)19(20(26)24(4)5)27-21(25)23-17-11-9-16(10-12-17)18-8-7-13-22-14(18)2/h7-13H,6H2,1-5H3. The summed E-state index contributed by atoms with van der Waals surface area (Å²) in [4.78, 5) is 24.7. The van der Waals surface area contributed by atoms with Crippen molar-refractivity contribution in [2.75, 3.05) is 14.1 Å². The molecule has 27 heavy (non-hydrogen) atoms. The maximum atomic E-state index is 12.4. The van der Waals surface area contributed by atoms with Gasteiger partial charge in [-0.25, -0.2) is 4.99 Å². The van der Waals surface area contributed by atoms with Gasteiger partial charge < -0.3 is 9.47 Å². The first-order chi connectivity index (χ1) is 12.9. The van der Waals surface area contributed by atoms with Gasteiger partial charge in [-0.2, -0.15) is 0 Å². The average Bonchev–Trinajstić information content (AvgIpc) is 2.97. The molecule has 0 radical (unpaired) electrons. The Bertz CT molecular complexity index is 1030. The summed E-state index contributed by atoms with van der Waals surface area (Å²) in [5, 5.41) is 0. The Labute approximate surface area is 163 Å². The van der Waals surface area contributed by atoms with Crippen LogP contribution >= 0.6 is 11.3 Å². The number of benzene rings is 1. The van der Waals surface area contributed by atoms with Gasteiger partial charge in [0.05, 0.1) is 5.69 Å². The summed E-state index contributed by atoms with van der Waals surface area (Å²) in [6.45, 7) is 6.82. The molecule has 1 amide bonds. The molecule has 0 saturated carbocycles. The zero-order valence-corrected chi connectivity index (χ0v) is 17.2. The number of pyridine rings is 1. The van der Waals surface area contributed by atoms with E-state index in [0.717, 1.165) is 44.4 Å². The van der Waals surface area contributed by atoms with Crippen LogP contribution < -0.4 is 4.80 Å². The van der Waals surface area contributed by atoms with Gasteiger partial charge in [0.1, 0.15) is 4.88 Å². The highest BCUT2D eigenvalue weighted by Gasteiger charge is 2.17. The summed E-state index contributed by atoms with van der Waals surface area (Å²) in [7, 11) is 3.54. The van der Waals surface area contributed by atoms with E-state index in [0.29, 0.717) is 0 Å². The molecular formula is C21H24N4OS. The van der Waals surface area contributed by atoms with Crippen molar-refractivity contribution >= 4 is 22.9 Å². The zero-order valence-electron chi connectivity index (χ0n) is 16.4. The molecule has 6 heteroatoms. The maximum Gasteiger partial charge on any atom is 0.265 e. The minimum atomic E-state index is 0.0172. The van der Waals surface area contributed by atoms with Gasteiger partial charge in [-0.15, -0.1) is 0 Å². The Morgan fingerprint density at radius 3 is 2.48 bits per heavy atom. The number of nitrogens with zero attached hydrogens (tertiary/aromatic N) is 4. The second-order valence-electron chi connectivity index (χ2n) is 6.54. The highest BCUT2D eigenvalue weighted by molar-refractivity contribution is 7.11. The summed E-state index contributed by atoms with van der Waals surface area (Å²) in [6, 6.07) is 12.1. The third-order valence-corrected chi connectivity index (χ3v) is 5.65. The largest absolute Gasteiger partial charge is 0.344 e. The van der Waals surface area contributed by atoms with Crippen LogP contribution in [0, 0.1) is 13.8 Å². The van der Waals surface area contributed by atoms with Crippen LogP contribution in [0.25, 0.3) is 11.1 Å². The number of thiazole rings is 1. The van der Waals surface area contributed by atoms with Crippen LogP contribution in [0.5, 0.6) is 0 Å². The van der Waals surface area contributed by atoms with E-state index in [2.05, 4.69) is 34.7 Å². The van der Waals surface area contributed by atoms with Gasteiger partial charge >= 0.3 is 0 Å². The van der Waals surface area contributed by atoms with Crippen molar-refractivity contribution in [1.82, 2.24) is 14.5 Å². The molecule has 2 aromatic heterocycles. The molecule has 0 fully saturated rings. The fraction of sp³-hybridized carbons (Fsp3) is 0.286. The predicted molar refractivity (Wildman–Crippen MR) is 110 cm³/mol. The second kappa shape index (κ2) is 7.88. The van der Waals surface area contributed by atoms with Crippen LogP contribution in [0.4, 0.5) is 5.69 Å². The van der Waals surface area contributed by atoms with Crippen molar-refractivity contribution < 1.29 is 4.79 Å². The van der Waals surface area contributed by atoms with Crippen molar-refractivity contribution in [3.8, 4) is 11.1 Å². The van der Waals surface area contributed by atoms with Crippen molar-refractivity contribution in [3.63, 3.8) is 0 Å². The number of aromatic nitrogens is 2. The summed E-state index contributed by atoms with van der Waals surface area (Å²) in [5.74, 6) is 0.0172. The molecular weight excluding hydrogens is 356 g/mol. The number of hydrogen-bond acceptors (Lipinski definition) is 4. The molecule has 2 heterocycles. The van der Waals surface area contributed by atoms with Crippen LogP contribution in [0.15, 0.2) is 47.6 Å². The summed E-state index contributed by atoms with van der Waals surface area (Å²) >= 11 is 1.44. The molecule has 0 saturated heterocycles. The Morgan fingerprint density at radius 2 is 1.89 bits per heavy atom. The van der Waals surface area contributed by atoms with Crippen LogP contribution in [-0.4, -0.2) is 34.5 Å². The molecule has 140 valence electrons. The highest BCUT2D eigenvalue weighted by Crippen LogP contribution is 2.24. The maximum absolute atomic E-state index is 12.4. The van der Waals surface area contributed by atoms with Crippen LogP contribution in [-0.2, 0) is 6.54 Å². The molecule has 0 atom stereocenters. The molecule has 0 N–H and O–H groups in total. The molecule has 0 aliphatic carbocycles. The van der Waals surface area contributed by atoms with Crippen molar-refractivity contribution in [1.29, 1.82) is 0 Å². The first-order valence-corrected chi connectivity index (χ1v) is 9.72. The van der Waals surface area contributed by atoms with Gasteiger partial charge in [-0.05, 0) is 44.5 Å². The summed E-state index contributed by atoms with van der Waals surface area (Å²) in [6.07, 6.45) is 1.80. The van der Waals surface area contributed by atoms with Crippen LogP contribution in [0.2, 0.25) is 0 Å². The summed E-state index contributed by atoms with van der Waals surface area (Å²) in [5.41, 5.74) is 5.08. The molecule has 5 nitrogen and oxygen atoms in total. The van der Waals surface area contributed by atoms with E-state index < -0.39 is 0 Å². The Kier molecular flexibility index (Phi) is 5.56. The van der Waals surface area contributed by atoms with E-state index in [1.54, 1.807) is 25.2 Å². The predicted octanol–water partition coefficient (Wildman–Crippen LogP) is 4.18. The molecule has 3 aromatic rings. The lowest BCUT2D eigenvalue weighted by Gasteiger charge is -2.09. The Balaban J connectivity index is 2.01. The molecule has 0 bridgehead atoms. The van der Waals surface area contributed by atoms with E-state index >= 15 is 0 Å². The van der Waals surface area contributed by atoms with Gasteiger partial charge in [0, 0.05) is 43.8 Å². The molecule has 3 rings (SSSR count). The first kappa shape index (κ1) is 19.0. The van der Waals surface area contributed by atoms with Crippen molar-refractivity contribution in [2.24, 2.45) is 4.99 Å². The minimum Gasteiger partial charge on any atom is -0.344 e. The third kappa shape index (κ3) is 3.85. The number of aryl methyl sites for hydroxylation is 1. The van der Waals surface area contributed by atoms with Crippen molar-refractivity contribution in [2.45, 2.75) is 27.3 Å². The molecule has 1 aromatic carbocycles.